The van der Waals surface area contributed by atoms with Crippen LogP contribution in [0, 0.1) is 0 Å². The van der Waals surface area contributed by atoms with Crippen LogP contribution >= 0.6 is 0 Å². The number of hydrogen-bond donors (Lipinski definition) is 1. The highest BCUT2D eigenvalue weighted by Gasteiger charge is 2.19. The van der Waals surface area contributed by atoms with Gasteiger partial charge in [-0.25, -0.2) is 4.98 Å². The minimum absolute atomic E-state index is 0.592. The molecule has 0 unspecified atom stereocenters. The minimum Gasteiger partial charge on any atom is -0.353 e. The van der Waals surface area contributed by atoms with Crippen molar-refractivity contribution in [2.24, 2.45) is 7.05 Å². The van der Waals surface area contributed by atoms with Gasteiger partial charge in [-0.3, -0.25) is 0 Å². The maximum atomic E-state index is 4.30. The number of nitrogens with one attached hydrogen (secondary N) is 1. The molecule has 4 nitrogen and oxygen atoms in total. The Hall–Kier alpha value is -1.03. The van der Waals surface area contributed by atoms with E-state index < -0.39 is 0 Å². The van der Waals surface area contributed by atoms with Crippen molar-refractivity contribution in [3.8, 4) is 0 Å². The molecule has 90 valence electrons. The quantitative estimate of drug-likeness (QED) is 0.842. The highest BCUT2D eigenvalue weighted by atomic mass is 15.2. The first kappa shape index (κ1) is 11.5. The van der Waals surface area contributed by atoms with E-state index in [0.29, 0.717) is 6.04 Å². The maximum Gasteiger partial charge on any atom is 0.202 e. The summed E-state index contributed by atoms with van der Waals surface area (Å²) < 4.78 is 2.04. The molecule has 1 aliphatic heterocycles. The smallest absolute Gasteiger partial charge is 0.202 e. The third-order valence-electron chi connectivity index (χ3n) is 3.28. The van der Waals surface area contributed by atoms with Crippen molar-refractivity contribution in [3.63, 3.8) is 0 Å². The second-order valence-electron chi connectivity index (χ2n) is 4.62. The Morgan fingerprint density at radius 1 is 1.44 bits per heavy atom. The molecule has 0 spiro atoms. The van der Waals surface area contributed by atoms with E-state index in [-0.39, 0.29) is 0 Å². The molecule has 1 aliphatic rings. The lowest BCUT2D eigenvalue weighted by Gasteiger charge is -2.32. The van der Waals surface area contributed by atoms with Gasteiger partial charge in [0.15, 0.2) is 0 Å². The fraction of sp³-hybridized carbons (Fsp3) is 0.750. The van der Waals surface area contributed by atoms with Gasteiger partial charge in [-0.05, 0) is 25.8 Å². The Balaban J connectivity index is 1.79. The molecule has 1 fully saturated rings. The summed E-state index contributed by atoms with van der Waals surface area (Å²) in [6.45, 7) is 5.93. The normalized spacial score (nSPS) is 18.9. The van der Waals surface area contributed by atoms with Crippen LogP contribution in [-0.2, 0) is 7.05 Å². The molecule has 0 aliphatic carbocycles. The molecular formula is C12H22N4. The Bertz CT molecular complexity index is 313. The van der Waals surface area contributed by atoms with Gasteiger partial charge in [0.25, 0.3) is 0 Å². The van der Waals surface area contributed by atoms with E-state index in [1.54, 1.807) is 0 Å². The summed E-state index contributed by atoms with van der Waals surface area (Å²) in [4.78, 5) is 6.86. The fourth-order valence-electron chi connectivity index (χ4n) is 2.30. The van der Waals surface area contributed by atoms with Crippen molar-refractivity contribution < 1.29 is 0 Å². The number of imidazole rings is 1. The van der Waals surface area contributed by atoms with Crippen LogP contribution in [0.5, 0.6) is 0 Å². The van der Waals surface area contributed by atoms with Crippen molar-refractivity contribution >= 4 is 5.95 Å². The third kappa shape index (κ3) is 2.76. The predicted molar refractivity (Wildman–Crippen MR) is 66.6 cm³/mol. The summed E-state index contributed by atoms with van der Waals surface area (Å²) in [5, 5.41) is 3.52. The lowest BCUT2D eigenvalue weighted by molar-refractivity contribution is 0.219. The number of anilines is 1. The van der Waals surface area contributed by atoms with Crippen molar-refractivity contribution in [2.45, 2.75) is 32.2 Å². The molecular weight excluding hydrogens is 200 g/mol. The lowest BCUT2D eigenvalue weighted by atomic mass is 10.1. The molecule has 1 saturated heterocycles. The van der Waals surface area contributed by atoms with Crippen LogP contribution in [0.15, 0.2) is 12.4 Å². The molecule has 2 heterocycles. The topological polar surface area (TPSA) is 33.1 Å². The zero-order chi connectivity index (χ0) is 11.4. The van der Waals surface area contributed by atoms with Gasteiger partial charge in [0.1, 0.15) is 0 Å². The third-order valence-corrected chi connectivity index (χ3v) is 3.28. The molecule has 1 N–H and O–H groups in total. The zero-order valence-electron chi connectivity index (χ0n) is 10.3. The summed E-state index contributed by atoms with van der Waals surface area (Å²) in [6.07, 6.45) is 7.54. The van der Waals surface area contributed by atoms with E-state index >= 15 is 0 Å². The number of piperidine rings is 1. The summed E-state index contributed by atoms with van der Waals surface area (Å²) >= 11 is 0. The Kier molecular flexibility index (Phi) is 3.83. The van der Waals surface area contributed by atoms with Gasteiger partial charge in [-0.2, -0.15) is 0 Å². The average molecular weight is 222 g/mol. The van der Waals surface area contributed by atoms with E-state index in [2.05, 4.69) is 22.1 Å². The number of nitrogens with zero attached hydrogens (tertiary/aromatic N) is 3. The van der Waals surface area contributed by atoms with E-state index in [1.165, 1.54) is 38.9 Å². The lowest BCUT2D eigenvalue weighted by Crippen LogP contribution is -2.39. The predicted octanol–water partition coefficient (Wildman–Crippen LogP) is 1.71. The number of likely N-dealkylation sites (tertiary alicyclic amines) is 1. The number of rotatable bonds is 4. The summed E-state index contributed by atoms with van der Waals surface area (Å²) in [5.41, 5.74) is 0. The Labute approximate surface area is 97.7 Å². The van der Waals surface area contributed by atoms with E-state index in [9.17, 15) is 0 Å². The molecule has 1 aromatic rings. The van der Waals surface area contributed by atoms with Crippen molar-refractivity contribution in [1.82, 2.24) is 14.5 Å². The SMILES string of the molecule is CCCN1CCC(Nc2nccn2C)CC1. The molecule has 0 bridgehead atoms. The second kappa shape index (κ2) is 5.34. The van der Waals surface area contributed by atoms with E-state index in [0.717, 1.165) is 5.95 Å². The molecule has 2 rings (SSSR count). The number of aromatic nitrogens is 2. The van der Waals surface area contributed by atoms with Crippen LogP contribution in [0.25, 0.3) is 0 Å². The van der Waals surface area contributed by atoms with Crippen molar-refractivity contribution in [1.29, 1.82) is 0 Å². The van der Waals surface area contributed by atoms with Crippen LogP contribution in [0.1, 0.15) is 26.2 Å². The van der Waals surface area contributed by atoms with Crippen LogP contribution in [0.3, 0.4) is 0 Å². The molecule has 4 heteroatoms. The molecule has 0 aromatic carbocycles. The maximum absolute atomic E-state index is 4.30. The van der Waals surface area contributed by atoms with E-state index in [1.807, 2.05) is 24.0 Å². The van der Waals surface area contributed by atoms with Gasteiger partial charge < -0.3 is 14.8 Å². The standard InChI is InChI=1S/C12H22N4/c1-3-7-16-8-4-11(5-9-16)14-12-13-6-10-15(12)2/h6,10-11H,3-5,7-9H2,1-2H3,(H,13,14). The van der Waals surface area contributed by atoms with Crippen LogP contribution in [-0.4, -0.2) is 40.1 Å². The highest BCUT2D eigenvalue weighted by molar-refractivity contribution is 5.27. The molecule has 16 heavy (non-hydrogen) atoms. The van der Waals surface area contributed by atoms with E-state index in [4.69, 9.17) is 0 Å². The van der Waals surface area contributed by atoms with Gasteiger partial charge in [0.2, 0.25) is 5.95 Å². The fourth-order valence-corrected chi connectivity index (χ4v) is 2.30. The van der Waals surface area contributed by atoms with Crippen LogP contribution in [0.4, 0.5) is 5.95 Å². The molecule has 0 saturated carbocycles. The Morgan fingerprint density at radius 2 is 2.19 bits per heavy atom. The van der Waals surface area contributed by atoms with Gasteiger partial charge in [0, 0.05) is 38.6 Å². The Morgan fingerprint density at radius 3 is 2.75 bits per heavy atom. The minimum atomic E-state index is 0.592. The molecule has 1 aromatic heterocycles. The summed E-state index contributed by atoms with van der Waals surface area (Å²) in [6, 6.07) is 0.592. The first-order valence-corrected chi connectivity index (χ1v) is 6.26. The zero-order valence-corrected chi connectivity index (χ0v) is 10.3. The van der Waals surface area contributed by atoms with Gasteiger partial charge in [-0.1, -0.05) is 6.92 Å². The number of aryl methyl sites for hydroxylation is 1. The van der Waals surface area contributed by atoms with Crippen molar-refractivity contribution in [2.75, 3.05) is 25.0 Å². The monoisotopic (exact) mass is 222 g/mol. The molecule has 0 amide bonds. The molecule has 0 atom stereocenters. The van der Waals surface area contributed by atoms with Crippen LogP contribution < -0.4 is 5.32 Å². The van der Waals surface area contributed by atoms with Gasteiger partial charge in [-0.15, -0.1) is 0 Å². The highest BCUT2D eigenvalue weighted by Crippen LogP contribution is 2.14. The molecule has 0 radical (unpaired) electrons. The van der Waals surface area contributed by atoms with Gasteiger partial charge in [0.05, 0.1) is 0 Å². The first-order chi connectivity index (χ1) is 7.79. The van der Waals surface area contributed by atoms with Crippen LogP contribution in [0.2, 0.25) is 0 Å². The van der Waals surface area contributed by atoms with Gasteiger partial charge >= 0.3 is 0 Å². The second-order valence-corrected chi connectivity index (χ2v) is 4.62. The summed E-state index contributed by atoms with van der Waals surface area (Å²) in [7, 11) is 2.03. The van der Waals surface area contributed by atoms with Crippen molar-refractivity contribution in [3.05, 3.63) is 12.4 Å². The average Bonchev–Trinajstić information content (AvgIpc) is 2.68. The largest absolute Gasteiger partial charge is 0.353 e. The summed E-state index contributed by atoms with van der Waals surface area (Å²) in [5.74, 6) is 0.994. The number of hydrogen-bond acceptors (Lipinski definition) is 3. The first-order valence-electron chi connectivity index (χ1n) is 6.26.